The van der Waals surface area contributed by atoms with E-state index in [1.807, 2.05) is 35.2 Å². The molecule has 1 unspecified atom stereocenters. The van der Waals surface area contributed by atoms with Gasteiger partial charge in [0, 0.05) is 37.4 Å². The van der Waals surface area contributed by atoms with Gasteiger partial charge in [-0.2, -0.15) is 0 Å². The van der Waals surface area contributed by atoms with Gasteiger partial charge in [-0.15, -0.1) is 0 Å². The number of aryl methyl sites for hydroxylation is 1. The van der Waals surface area contributed by atoms with E-state index in [2.05, 4.69) is 47.8 Å². The summed E-state index contributed by atoms with van der Waals surface area (Å²) in [5.41, 5.74) is 4.43. The molecule has 4 aliphatic rings. The molecule has 1 N–H and O–H groups in total. The van der Waals surface area contributed by atoms with E-state index in [1.165, 1.54) is 23.4 Å². The molecule has 3 aliphatic heterocycles. The Balaban J connectivity index is 1.03. The molecule has 0 radical (unpaired) electrons. The predicted molar refractivity (Wildman–Crippen MR) is 191 cm³/mol. The second-order valence-electron chi connectivity index (χ2n) is 14.2. The minimum Gasteiger partial charge on any atom is -0.460 e. The van der Waals surface area contributed by atoms with Crippen LogP contribution in [0.5, 0.6) is 0 Å². The highest BCUT2D eigenvalue weighted by molar-refractivity contribution is 6.77. The van der Waals surface area contributed by atoms with E-state index in [4.69, 9.17) is 23.5 Å². The van der Waals surface area contributed by atoms with E-state index >= 15 is 0 Å². The van der Waals surface area contributed by atoms with Gasteiger partial charge in [0.25, 0.3) is 0 Å². The van der Waals surface area contributed by atoms with E-state index in [-0.39, 0.29) is 37.6 Å². The Morgan fingerprint density at radius 1 is 1.04 bits per heavy atom. The number of cyclic esters (lactones) is 1. The fraction of sp³-hybridized carbons (Fsp3) is 0.359. The summed E-state index contributed by atoms with van der Waals surface area (Å²) in [5, 5.41) is 7.00. The lowest BCUT2D eigenvalue weighted by molar-refractivity contribution is -0.166. The summed E-state index contributed by atoms with van der Waals surface area (Å²) in [5.74, 6) is -0.575. The van der Waals surface area contributed by atoms with Crippen LogP contribution in [0.1, 0.15) is 59.0 Å². The van der Waals surface area contributed by atoms with Crippen molar-refractivity contribution >= 4 is 38.0 Å². The molecule has 1 atom stereocenters. The Hall–Kier alpha value is -5.43. The van der Waals surface area contributed by atoms with E-state index in [0.717, 1.165) is 41.9 Å². The fourth-order valence-electron chi connectivity index (χ4n) is 7.36. The van der Waals surface area contributed by atoms with Crippen LogP contribution in [0, 0.1) is 0 Å². The molecule has 7 rings (SSSR count). The Morgan fingerprint density at radius 2 is 1.87 bits per heavy atom. The predicted octanol–water partition coefficient (Wildman–Crippen LogP) is 6.43. The molecule has 0 fully saturated rings. The van der Waals surface area contributed by atoms with Crippen molar-refractivity contribution in [2.24, 2.45) is 0 Å². The molecule has 0 bridgehead atoms. The van der Waals surface area contributed by atoms with Crippen LogP contribution in [0.25, 0.3) is 6.08 Å². The third kappa shape index (κ3) is 6.80. The number of ketones is 1. The molecule has 52 heavy (non-hydrogen) atoms. The molecule has 270 valence electrons. The Kier molecular flexibility index (Phi) is 9.62. The van der Waals surface area contributed by atoms with Crippen molar-refractivity contribution in [1.29, 1.82) is 0 Å². The fourth-order valence-corrected chi connectivity index (χ4v) is 9.66. The Labute approximate surface area is 302 Å². The number of carbonyl (C=O) groups excluding carboxylic acids is 4. The van der Waals surface area contributed by atoms with Gasteiger partial charge in [0.15, 0.2) is 0 Å². The number of nitrogens with one attached hydrogen (secondary N) is 1. The second kappa shape index (κ2) is 14.3. The molecule has 0 amide bonds. The summed E-state index contributed by atoms with van der Waals surface area (Å²) in [7, 11) is -1.64. The van der Waals surface area contributed by atoms with Crippen molar-refractivity contribution < 1.29 is 42.6 Å². The number of hydrogen-bond donors (Lipinski definition) is 1. The highest BCUT2D eigenvalue weighted by Gasteiger charge is 2.55. The Bertz CT molecular complexity index is 2000. The normalized spacial score (nSPS) is 19.1. The summed E-state index contributed by atoms with van der Waals surface area (Å²) in [6, 6.07) is 19.0. The van der Waals surface area contributed by atoms with Crippen molar-refractivity contribution in [3.05, 3.63) is 117 Å². The molecule has 1 aromatic heterocycles. The molecule has 3 aromatic rings. The number of ether oxygens (including phenoxy) is 4. The van der Waals surface area contributed by atoms with Crippen LogP contribution in [-0.2, 0) is 48.1 Å². The zero-order chi connectivity index (χ0) is 36.5. The van der Waals surface area contributed by atoms with Crippen LogP contribution in [0.3, 0.4) is 0 Å². The van der Waals surface area contributed by atoms with Gasteiger partial charge in [-0.3, -0.25) is 4.79 Å². The van der Waals surface area contributed by atoms with Crippen LogP contribution < -0.4 is 5.32 Å². The van der Waals surface area contributed by atoms with E-state index in [0.29, 0.717) is 35.7 Å². The minimum atomic E-state index is -1.78. The molecule has 4 heterocycles. The molecular formula is C39H41N3O9Si. The molecule has 2 aromatic carbocycles. The monoisotopic (exact) mass is 723 g/mol. The van der Waals surface area contributed by atoms with E-state index < -0.39 is 31.8 Å². The van der Waals surface area contributed by atoms with Gasteiger partial charge in [0.2, 0.25) is 17.1 Å². The molecule has 13 heteroatoms. The first kappa shape index (κ1) is 35.0. The first-order valence-corrected chi connectivity index (χ1v) is 21.0. The summed E-state index contributed by atoms with van der Waals surface area (Å²) in [4.78, 5) is 54.7. The van der Waals surface area contributed by atoms with Crippen LogP contribution in [-0.4, -0.2) is 60.8 Å². The smallest absolute Gasteiger partial charge is 0.460 e. The first-order valence-electron chi connectivity index (χ1n) is 17.6. The maximum atomic E-state index is 14.3. The number of Topliss-reactive ketones (excluding diaryl/α,β-unsaturated/α-hetero) is 1. The topological polar surface area (TPSA) is 146 Å². The van der Waals surface area contributed by atoms with Gasteiger partial charge in [-0.1, -0.05) is 85.8 Å². The van der Waals surface area contributed by atoms with Crippen LogP contribution in [0.2, 0.25) is 25.2 Å². The summed E-state index contributed by atoms with van der Waals surface area (Å²) < 4.78 is 26.9. The third-order valence-corrected chi connectivity index (χ3v) is 13.6. The van der Waals surface area contributed by atoms with Gasteiger partial charge in [-0.25, -0.2) is 14.4 Å². The molecule has 1 aliphatic carbocycles. The van der Waals surface area contributed by atoms with Crippen molar-refractivity contribution in [2.45, 2.75) is 76.5 Å². The molecular weight excluding hydrogens is 683 g/mol. The van der Waals surface area contributed by atoms with Crippen LogP contribution in [0.4, 0.5) is 4.79 Å². The van der Waals surface area contributed by atoms with E-state index in [9.17, 15) is 19.2 Å². The lowest BCUT2D eigenvalue weighted by Gasteiger charge is -2.39. The maximum Gasteiger partial charge on any atom is 0.510 e. The first-order chi connectivity index (χ1) is 25.1. The van der Waals surface area contributed by atoms with Gasteiger partial charge in [0.05, 0.1) is 19.3 Å². The highest BCUT2D eigenvalue weighted by Crippen LogP contribution is 2.46. The van der Waals surface area contributed by atoms with Crippen molar-refractivity contribution in [2.75, 3.05) is 13.2 Å². The maximum absolute atomic E-state index is 14.3. The molecule has 0 spiro atoms. The average molecular weight is 724 g/mol. The largest absolute Gasteiger partial charge is 0.510 e. The number of benzene rings is 2. The van der Waals surface area contributed by atoms with Gasteiger partial charge < -0.3 is 33.7 Å². The molecule has 0 saturated carbocycles. The molecule has 12 nitrogen and oxygen atoms in total. The van der Waals surface area contributed by atoms with Gasteiger partial charge in [0.1, 0.15) is 24.7 Å². The molecule has 0 saturated heterocycles. The van der Waals surface area contributed by atoms with Crippen molar-refractivity contribution in [3.8, 4) is 0 Å². The second-order valence-corrected chi connectivity index (χ2v) is 19.5. The average Bonchev–Trinajstić information content (AvgIpc) is 3.81. The number of hydrogen-bond acceptors (Lipinski definition) is 12. The Morgan fingerprint density at radius 3 is 2.63 bits per heavy atom. The lowest BCUT2D eigenvalue weighted by Crippen LogP contribution is -2.51. The zero-order valence-corrected chi connectivity index (χ0v) is 30.5. The standard InChI is InChI=1S/C39H41N3O9Si/c1-4-39(50-38(46)49-23-25-10-6-5-7-11-25)30-21-31-34(35(43)29(30)24-48-37(39)45)42-22-28-26(12-8-13-27(28)20-33(42)41-31)15-19-52(2,3)18-9-17-47-36(44)32-14-16-40-51-32/h5-8,10-14,16,20,41H,4,9,15,17-19,21-24H2,1-3H3. The SMILES string of the molecule is CCC1(OC(=O)OCc2ccccc2)C(=O)OCC2=C1CC1=C(C2=O)N2Cc3c(cccc3CC[Si](C)(C)CCCOC(=O)c3ccno3)C=C2N1. The van der Waals surface area contributed by atoms with Crippen molar-refractivity contribution in [1.82, 2.24) is 15.4 Å². The number of rotatable bonds is 12. The number of esters is 2. The van der Waals surface area contributed by atoms with Gasteiger partial charge in [-0.05, 0) is 47.6 Å². The summed E-state index contributed by atoms with van der Waals surface area (Å²) in [6.45, 7) is 7.06. The third-order valence-electron chi connectivity index (χ3n) is 10.3. The number of fused-ring (bicyclic) bond motifs is 3. The quantitative estimate of drug-likeness (QED) is 0.0951. The van der Waals surface area contributed by atoms with Gasteiger partial charge >= 0.3 is 18.1 Å². The minimum absolute atomic E-state index is 0.0237. The number of carbonyl (C=O) groups is 4. The van der Waals surface area contributed by atoms with E-state index in [1.54, 1.807) is 6.92 Å². The summed E-state index contributed by atoms with van der Waals surface area (Å²) in [6.07, 6.45) is 4.44. The summed E-state index contributed by atoms with van der Waals surface area (Å²) >= 11 is 0. The number of allylic oxidation sites excluding steroid dienone is 2. The van der Waals surface area contributed by atoms with Crippen LogP contribution >= 0.6 is 0 Å². The zero-order valence-electron chi connectivity index (χ0n) is 29.5. The number of nitrogens with zero attached hydrogens (tertiary/aromatic N) is 2. The van der Waals surface area contributed by atoms with Crippen LogP contribution in [0.15, 0.2) is 93.7 Å². The highest BCUT2D eigenvalue weighted by atomic mass is 28.3. The van der Waals surface area contributed by atoms with Crippen molar-refractivity contribution in [3.63, 3.8) is 0 Å². The lowest BCUT2D eigenvalue weighted by atomic mass is 9.78. The number of aromatic nitrogens is 1.